The van der Waals surface area contributed by atoms with Crippen molar-refractivity contribution in [2.24, 2.45) is 0 Å². The molecule has 170 valence electrons. The summed E-state index contributed by atoms with van der Waals surface area (Å²) in [6.07, 6.45) is 0.436. The molecule has 0 saturated heterocycles. The Bertz CT molecular complexity index is 942. The summed E-state index contributed by atoms with van der Waals surface area (Å²) in [4.78, 5) is 47.5. The summed E-state index contributed by atoms with van der Waals surface area (Å²) >= 11 is 0. The fourth-order valence-corrected chi connectivity index (χ4v) is 2.52. The number of hydrogen-bond donors (Lipinski definition) is 2. The number of anilines is 2. The van der Waals surface area contributed by atoms with Gasteiger partial charge in [0.25, 0.3) is 5.91 Å². The topological polar surface area (TPSA) is 120 Å². The molecule has 9 heteroatoms. The van der Waals surface area contributed by atoms with Gasteiger partial charge in [0, 0.05) is 23.9 Å². The Hall–Kier alpha value is -3.88. The SMILES string of the molecule is CCCOC(=O)c1ccc(NC(=O)CCC(=O)OCC(=O)Nc2cccc(OC)c2)cc1. The van der Waals surface area contributed by atoms with E-state index in [2.05, 4.69) is 10.6 Å². The van der Waals surface area contributed by atoms with Crippen molar-refractivity contribution in [1.29, 1.82) is 0 Å². The number of ether oxygens (including phenoxy) is 3. The van der Waals surface area contributed by atoms with Crippen LogP contribution in [0, 0.1) is 0 Å². The quantitative estimate of drug-likeness (QED) is 0.513. The van der Waals surface area contributed by atoms with Gasteiger partial charge in [-0.15, -0.1) is 0 Å². The van der Waals surface area contributed by atoms with Crippen LogP contribution in [0.3, 0.4) is 0 Å². The molecule has 0 saturated carbocycles. The lowest BCUT2D eigenvalue weighted by Crippen LogP contribution is -2.21. The highest BCUT2D eigenvalue weighted by atomic mass is 16.5. The lowest BCUT2D eigenvalue weighted by Gasteiger charge is -2.08. The fourth-order valence-electron chi connectivity index (χ4n) is 2.52. The third-order valence-electron chi connectivity index (χ3n) is 4.12. The minimum atomic E-state index is -0.671. The molecule has 2 N–H and O–H groups in total. The Labute approximate surface area is 186 Å². The molecule has 0 aliphatic heterocycles. The standard InChI is InChI=1S/C23H26N2O7/c1-3-13-31-23(29)16-7-9-17(10-8-16)24-20(26)11-12-22(28)32-15-21(27)25-18-5-4-6-19(14-18)30-2/h4-10,14H,3,11-13,15H2,1-2H3,(H,24,26)(H,25,27). The van der Waals surface area contributed by atoms with Gasteiger partial charge in [0.15, 0.2) is 6.61 Å². The van der Waals surface area contributed by atoms with Crippen LogP contribution >= 0.6 is 0 Å². The molecule has 0 aliphatic rings. The van der Waals surface area contributed by atoms with Crippen LogP contribution < -0.4 is 15.4 Å². The third-order valence-corrected chi connectivity index (χ3v) is 4.12. The highest BCUT2D eigenvalue weighted by Crippen LogP contribution is 2.16. The molecule has 0 aliphatic carbocycles. The van der Waals surface area contributed by atoms with E-state index in [0.717, 1.165) is 6.42 Å². The average Bonchev–Trinajstić information content (AvgIpc) is 2.80. The van der Waals surface area contributed by atoms with E-state index < -0.39 is 30.4 Å². The van der Waals surface area contributed by atoms with Crippen LogP contribution in [0.1, 0.15) is 36.5 Å². The highest BCUT2D eigenvalue weighted by molar-refractivity contribution is 5.95. The Morgan fingerprint density at radius 2 is 1.56 bits per heavy atom. The van der Waals surface area contributed by atoms with Gasteiger partial charge in [-0.05, 0) is 42.8 Å². The van der Waals surface area contributed by atoms with Gasteiger partial charge < -0.3 is 24.8 Å². The monoisotopic (exact) mass is 442 g/mol. The second-order valence-corrected chi connectivity index (χ2v) is 6.70. The Morgan fingerprint density at radius 3 is 2.25 bits per heavy atom. The number of carbonyl (C=O) groups is 4. The zero-order valence-electron chi connectivity index (χ0n) is 18.0. The molecule has 0 aromatic heterocycles. The van der Waals surface area contributed by atoms with E-state index in [0.29, 0.717) is 29.3 Å². The highest BCUT2D eigenvalue weighted by Gasteiger charge is 2.12. The van der Waals surface area contributed by atoms with Crippen LogP contribution in [0.5, 0.6) is 5.75 Å². The molecule has 0 unspecified atom stereocenters. The minimum Gasteiger partial charge on any atom is -0.497 e. The first-order valence-corrected chi connectivity index (χ1v) is 10.1. The second-order valence-electron chi connectivity index (χ2n) is 6.70. The number of hydrogen-bond acceptors (Lipinski definition) is 7. The molecule has 2 aromatic rings. The molecule has 2 amide bonds. The van der Waals surface area contributed by atoms with Gasteiger partial charge in [-0.2, -0.15) is 0 Å². The summed E-state index contributed by atoms with van der Waals surface area (Å²) in [6.45, 7) is 1.78. The van der Waals surface area contributed by atoms with Gasteiger partial charge in [0.1, 0.15) is 5.75 Å². The van der Waals surface area contributed by atoms with Gasteiger partial charge in [0.05, 0.1) is 25.7 Å². The zero-order chi connectivity index (χ0) is 23.3. The van der Waals surface area contributed by atoms with E-state index in [1.807, 2.05) is 6.92 Å². The summed E-state index contributed by atoms with van der Waals surface area (Å²) in [7, 11) is 1.51. The Morgan fingerprint density at radius 1 is 0.844 bits per heavy atom. The van der Waals surface area contributed by atoms with Crippen molar-refractivity contribution in [3.05, 3.63) is 54.1 Å². The summed E-state index contributed by atoms with van der Waals surface area (Å²) in [5.74, 6) is -1.42. The molecule has 2 aromatic carbocycles. The Kier molecular flexibility index (Phi) is 9.70. The zero-order valence-corrected chi connectivity index (χ0v) is 18.0. The van der Waals surface area contributed by atoms with Crippen molar-refractivity contribution in [2.45, 2.75) is 26.2 Å². The number of esters is 2. The predicted octanol–water partition coefficient (Wildman–Crippen LogP) is 3.16. The van der Waals surface area contributed by atoms with Crippen LogP contribution in [0.2, 0.25) is 0 Å². The van der Waals surface area contributed by atoms with Crippen molar-refractivity contribution in [2.75, 3.05) is 31.0 Å². The van der Waals surface area contributed by atoms with Crippen LogP contribution in [0.25, 0.3) is 0 Å². The van der Waals surface area contributed by atoms with Crippen LogP contribution in [0.15, 0.2) is 48.5 Å². The van der Waals surface area contributed by atoms with Crippen LogP contribution in [-0.2, 0) is 23.9 Å². The smallest absolute Gasteiger partial charge is 0.338 e. The number of methoxy groups -OCH3 is 1. The Balaban J connectivity index is 1.69. The van der Waals surface area contributed by atoms with Crippen molar-refractivity contribution >= 4 is 35.1 Å². The molecule has 0 bridgehead atoms. The minimum absolute atomic E-state index is 0.114. The van der Waals surface area contributed by atoms with Crippen LogP contribution in [0.4, 0.5) is 11.4 Å². The van der Waals surface area contributed by atoms with E-state index in [1.54, 1.807) is 48.5 Å². The summed E-state index contributed by atoms with van der Waals surface area (Å²) in [6, 6.07) is 13.0. The second kappa shape index (κ2) is 12.7. The first kappa shape index (κ1) is 24.4. The number of carbonyl (C=O) groups excluding carboxylic acids is 4. The number of rotatable bonds is 11. The van der Waals surface area contributed by atoms with Gasteiger partial charge in [0.2, 0.25) is 5.91 Å². The lowest BCUT2D eigenvalue weighted by atomic mass is 10.2. The van der Waals surface area contributed by atoms with E-state index in [4.69, 9.17) is 14.2 Å². The van der Waals surface area contributed by atoms with Crippen molar-refractivity contribution in [1.82, 2.24) is 0 Å². The van der Waals surface area contributed by atoms with Crippen molar-refractivity contribution in [3.63, 3.8) is 0 Å². The van der Waals surface area contributed by atoms with Crippen molar-refractivity contribution in [3.8, 4) is 5.75 Å². The first-order chi connectivity index (χ1) is 15.4. The number of nitrogens with one attached hydrogen (secondary N) is 2. The molecule has 2 rings (SSSR count). The maximum atomic E-state index is 12.0. The lowest BCUT2D eigenvalue weighted by molar-refractivity contribution is -0.147. The molecule has 0 spiro atoms. The predicted molar refractivity (Wildman–Crippen MR) is 117 cm³/mol. The largest absolute Gasteiger partial charge is 0.497 e. The molecule has 9 nitrogen and oxygen atoms in total. The van der Waals surface area contributed by atoms with Gasteiger partial charge in [-0.3, -0.25) is 14.4 Å². The fraction of sp³-hybridized carbons (Fsp3) is 0.304. The molecule has 0 fully saturated rings. The molecule has 0 heterocycles. The normalized spacial score (nSPS) is 10.1. The summed E-state index contributed by atoms with van der Waals surface area (Å²) in [5, 5.41) is 5.21. The van der Waals surface area contributed by atoms with Gasteiger partial charge in [-0.25, -0.2) is 4.79 Å². The number of benzene rings is 2. The average molecular weight is 442 g/mol. The first-order valence-electron chi connectivity index (χ1n) is 10.1. The van der Waals surface area contributed by atoms with Crippen LogP contribution in [-0.4, -0.2) is 44.1 Å². The summed E-state index contributed by atoms with van der Waals surface area (Å²) < 4.78 is 15.0. The maximum Gasteiger partial charge on any atom is 0.338 e. The van der Waals surface area contributed by atoms with Gasteiger partial charge >= 0.3 is 11.9 Å². The maximum absolute atomic E-state index is 12.0. The van der Waals surface area contributed by atoms with E-state index >= 15 is 0 Å². The summed E-state index contributed by atoms with van der Waals surface area (Å²) in [5.41, 5.74) is 1.37. The number of amides is 2. The molecule has 0 radical (unpaired) electrons. The third kappa shape index (κ3) is 8.47. The van der Waals surface area contributed by atoms with Crippen molar-refractivity contribution < 1.29 is 33.4 Å². The van der Waals surface area contributed by atoms with E-state index in [1.165, 1.54) is 7.11 Å². The molecular weight excluding hydrogens is 416 g/mol. The van der Waals surface area contributed by atoms with E-state index in [-0.39, 0.29) is 12.8 Å². The van der Waals surface area contributed by atoms with E-state index in [9.17, 15) is 19.2 Å². The molecule has 32 heavy (non-hydrogen) atoms. The molecule has 0 atom stereocenters. The molecular formula is C23H26N2O7. The van der Waals surface area contributed by atoms with Gasteiger partial charge in [-0.1, -0.05) is 13.0 Å².